The van der Waals surface area contributed by atoms with Gasteiger partial charge in [0.25, 0.3) is 0 Å². The molecule has 1 aliphatic rings. The summed E-state index contributed by atoms with van der Waals surface area (Å²) in [5.74, 6) is 1.02. The number of hydrogen-bond acceptors (Lipinski definition) is 5. The number of benzene rings is 1. The molecular weight excluding hydrogens is 320 g/mol. The fraction of sp³-hybridized carbons (Fsp3) is 0.533. The molecular formula is C15H22N2O5S. The van der Waals surface area contributed by atoms with Gasteiger partial charge in [0.1, 0.15) is 0 Å². The number of ether oxygens (including phenoxy) is 2. The summed E-state index contributed by atoms with van der Waals surface area (Å²) in [7, 11) is -0.140. The van der Waals surface area contributed by atoms with Crippen LogP contribution in [-0.2, 0) is 14.8 Å². The van der Waals surface area contributed by atoms with Crippen molar-refractivity contribution in [3.63, 3.8) is 0 Å². The minimum absolute atomic E-state index is 0.119. The summed E-state index contributed by atoms with van der Waals surface area (Å²) in [6.07, 6.45) is 1.65. The van der Waals surface area contributed by atoms with Crippen LogP contribution in [0.15, 0.2) is 18.2 Å². The van der Waals surface area contributed by atoms with Crippen molar-refractivity contribution in [2.75, 3.05) is 38.4 Å². The quantitative estimate of drug-likeness (QED) is 0.846. The van der Waals surface area contributed by atoms with E-state index in [0.717, 1.165) is 6.42 Å². The molecule has 1 N–H and O–H groups in total. The van der Waals surface area contributed by atoms with Gasteiger partial charge in [-0.15, -0.1) is 0 Å². The van der Waals surface area contributed by atoms with E-state index in [0.29, 0.717) is 30.2 Å². The maximum atomic E-state index is 12.0. The van der Waals surface area contributed by atoms with Gasteiger partial charge in [-0.3, -0.25) is 4.79 Å². The van der Waals surface area contributed by atoms with Gasteiger partial charge in [-0.2, -0.15) is 0 Å². The first kappa shape index (κ1) is 17.6. The lowest BCUT2D eigenvalue weighted by Gasteiger charge is -2.25. The standard InChI is InChI=1S/C15H22N2O5S/c1-21-13-6-5-12(11-14(13)22-2)16-15(18)7-9-17-8-3-4-10-23(17,19)20/h5-6,11H,3-4,7-10H2,1-2H3,(H,16,18). The Hall–Kier alpha value is -1.80. The Labute approximate surface area is 136 Å². The van der Waals surface area contributed by atoms with E-state index in [1.54, 1.807) is 18.2 Å². The van der Waals surface area contributed by atoms with Gasteiger partial charge in [0, 0.05) is 31.3 Å². The lowest BCUT2D eigenvalue weighted by atomic mass is 10.2. The lowest BCUT2D eigenvalue weighted by molar-refractivity contribution is -0.116. The van der Waals surface area contributed by atoms with Gasteiger partial charge < -0.3 is 14.8 Å². The second-order valence-electron chi connectivity index (χ2n) is 5.29. The molecule has 7 nitrogen and oxygen atoms in total. The molecule has 1 saturated heterocycles. The Morgan fingerprint density at radius 2 is 1.96 bits per heavy atom. The van der Waals surface area contributed by atoms with Gasteiger partial charge in [-0.25, -0.2) is 12.7 Å². The van der Waals surface area contributed by atoms with Crippen LogP contribution in [0.25, 0.3) is 0 Å². The molecule has 8 heteroatoms. The summed E-state index contributed by atoms with van der Waals surface area (Å²) >= 11 is 0. The minimum Gasteiger partial charge on any atom is -0.493 e. The first-order valence-corrected chi connectivity index (χ1v) is 9.07. The summed E-state index contributed by atoms with van der Waals surface area (Å²) < 4.78 is 35.4. The SMILES string of the molecule is COc1ccc(NC(=O)CCN2CCCCS2(=O)=O)cc1OC. The van der Waals surface area contributed by atoms with Crippen molar-refractivity contribution in [3.8, 4) is 11.5 Å². The smallest absolute Gasteiger partial charge is 0.225 e. The normalized spacial score (nSPS) is 17.5. The molecule has 0 bridgehead atoms. The summed E-state index contributed by atoms with van der Waals surface area (Å²) in [5, 5.41) is 2.74. The van der Waals surface area contributed by atoms with E-state index < -0.39 is 10.0 Å². The van der Waals surface area contributed by atoms with E-state index in [1.807, 2.05) is 0 Å². The van der Waals surface area contributed by atoms with Crippen LogP contribution in [-0.4, -0.2) is 51.7 Å². The molecule has 2 rings (SSSR count). The van der Waals surface area contributed by atoms with Crippen LogP contribution in [0.1, 0.15) is 19.3 Å². The highest BCUT2D eigenvalue weighted by atomic mass is 32.2. The van der Waals surface area contributed by atoms with Crippen molar-refractivity contribution in [2.45, 2.75) is 19.3 Å². The number of sulfonamides is 1. The number of carbonyl (C=O) groups is 1. The molecule has 128 valence electrons. The van der Waals surface area contributed by atoms with Gasteiger partial charge in [0.05, 0.1) is 20.0 Å². The Bertz CT molecular complexity index is 660. The van der Waals surface area contributed by atoms with Crippen molar-refractivity contribution in [1.82, 2.24) is 4.31 Å². The highest BCUT2D eigenvalue weighted by molar-refractivity contribution is 7.89. The number of rotatable bonds is 6. The summed E-state index contributed by atoms with van der Waals surface area (Å²) in [6, 6.07) is 5.06. The van der Waals surface area contributed by atoms with E-state index in [2.05, 4.69) is 5.32 Å². The van der Waals surface area contributed by atoms with Crippen LogP contribution in [0.4, 0.5) is 5.69 Å². The van der Waals surface area contributed by atoms with E-state index in [4.69, 9.17) is 9.47 Å². The average molecular weight is 342 g/mol. The average Bonchev–Trinajstić information content (AvgIpc) is 2.53. The zero-order valence-electron chi connectivity index (χ0n) is 13.4. The molecule has 0 saturated carbocycles. The second-order valence-corrected chi connectivity index (χ2v) is 7.38. The Kier molecular flexibility index (Phi) is 5.84. The monoisotopic (exact) mass is 342 g/mol. The molecule has 0 aliphatic carbocycles. The Balaban J connectivity index is 1.92. The number of hydrogen-bond donors (Lipinski definition) is 1. The van der Waals surface area contributed by atoms with E-state index in [9.17, 15) is 13.2 Å². The molecule has 1 fully saturated rings. The molecule has 23 heavy (non-hydrogen) atoms. The highest BCUT2D eigenvalue weighted by Crippen LogP contribution is 2.29. The van der Waals surface area contributed by atoms with Gasteiger partial charge in [0.2, 0.25) is 15.9 Å². The predicted octanol–water partition coefficient (Wildman–Crippen LogP) is 1.46. The third kappa shape index (κ3) is 4.59. The third-order valence-corrected chi connectivity index (χ3v) is 5.67. The molecule has 0 radical (unpaired) electrons. The van der Waals surface area contributed by atoms with E-state index in [1.165, 1.54) is 18.5 Å². The molecule has 0 unspecified atom stereocenters. The first-order chi connectivity index (χ1) is 11.0. The first-order valence-electron chi connectivity index (χ1n) is 7.46. The largest absolute Gasteiger partial charge is 0.493 e. The van der Waals surface area contributed by atoms with E-state index >= 15 is 0 Å². The molecule has 0 spiro atoms. The molecule has 1 amide bonds. The fourth-order valence-corrected chi connectivity index (χ4v) is 4.06. The third-order valence-electron chi connectivity index (χ3n) is 3.71. The molecule has 1 heterocycles. The lowest BCUT2D eigenvalue weighted by Crippen LogP contribution is -2.39. The summed E-state index contributed by atoms with van der Waals surface area (Å²) in [5.41, 5.74) is 0.578. The molecule has 1 aromatic rings. The number of methoxy groups -OCH3 is 2. The molecule has 1 aromatic carbocycles. The Morgan fingerprint density at radius 1 is 1.22 bits per heavy atom. The zero-order chi connectivity index (χ0) is 16.9. The zero-order valence-corrected chi connectivity index (χ0v) is 14.2. The van der Waals surface area contributed by atoms with Crippen molar-refractivity contribution >= 4 is 21.6 Å². The van der Waals surface area contributed by atoms with Crippen LogP contribution in [0.3, 0.4) is 0 Å². The van der Waals surface area contributed by atoms with Crippen LogP contribution in [0, 0.1) is 0 Å². The summed E-state index contributed by atoms with van der Waals surface area (Å²) in [6.45, 7) is 0.702. The van der Waals surface area contributed by atoms with Crippen LogP contribution < -0.4 is 14.8 Å². The maximum absolute atomic E-state index is 12.0. The number of carbonyl (C=O) groups excluding carboxylic acids is 1. The van der Waals surface area contributed by atoms with Crippen LogP contribution >= 0.6 is 0 Å². The number of amides is 1. The van der Waals surface area contributed by atoms with Crippen molar-refractivity contribution in [3.05, 3.63) is 18.2 Å². The van der Waals surface area contributed by atoms with Crippen molar-refractivity contribution in [1.29, 1.82) is 0 Å². The number of anilines is 1. The predicted molar refractivity (Wildman–Crippen MR) is 87.4 cm³/mol. The van der Waals surface area contributed by atoms with Gasteiger partial charge in [0.15, 0.2) is 11.5 Å². The second kappa shape index (κ2) is 7.65. The Morgan fingerprint density at radius 3 is 2.61 bits per heavy atom. The van der Waals surface area contributed by atoms with Crippen LogP contribution in [0.5, 0.6) is 11.5 Å². The maximum Gasteiger partial charge on any atom is 0.225 e. The van der Waals surface area contributed by atoms with Crippen molar-refractivity contribution in [2.24, 2.45) is 0 Å². The van der Waals surface area contributed by atoms with E-state index in [-0.39, 0.29) is 24.6 Å². The van der Waals surface area contributed by atoms with Crippen molar-refractivity contribution < 1.29 is 22.7 Å². The topological polar surface area (TPSA) is 84.9 Å². The summed E-state index contributed by atoms with van der Waals surface area (Å²) in [4.78, 5) is 12.0. The van der Waals surface area contributed by atoms with Gasteiger partial charge >= 0.3 is 0 Å². The van der Waals surface area contributed by atoms with Gasteiger partial charge in [-0.05, 0) is 25.0 Å². The molecule has 0 aromatic heterocycles. The molecule has 0 atom stereocenters. The number of nitrogens with one attached hydrogen (secondary N) is 1. The number of nitrogens with zero attached hydrogens (tertiary/aromatic N) is 1. The fourth-order valence-electron chi connectivity index (χ4n) is 2.46. The minimum atomic E-state index is -3.19. The van der Waals surface area contributed by atoms with Gasteiger partial charge in [-0.1, -0.05) is 0 Å². The van der Waals surface area contributed by atoms with Crippen LogP contribution in [0.2, 0.25) is 0 Å². The molecule has 1 aliphatic heterocycles. The highest BCUT2D eigenvalue weighted by Gasteiger charge is 2.25.